The molecular formula is C19H21F2N3O4. The van der Waals surface area contributed by atoms with Crippen LogP contribution in [-0.2, 0) is 4.74 Å². The molecule has 28 heavy (non-hydrogen) atoms. The Morgan fingerprint density at radius 2 is 2.04 bits per heavy atom. The first kappa shape index (κ1) is 18.8. The van der Waals surface area contributed by atoms with Gasteiger partial charge in [0.05, 0.1) is 12.3 Å². The Labute approximate surface area is 160 Å². The first-order chi connectivity index (χ1) is 13.4. The van der Waals surface area contributed by atoms with Crippen molar-refractivity contribution in [1.29, 1.82) is 0 Å². The number of nitrogens with zero attached hydrogens (tertiary/aromatic N) is 3. The maximum Gasteiger partial charge on any atom is 0.278 e. The average Bonchev–Trinajstić information content (AvgIpc) is 3.02. The lowest BCUT2D eigenvalue weighted by Gasteiger charge is -2.46. The van der Waals surface area contributed by atoms with Gasteiger partial charge in [-0.25, -0.2) is 13.5 Å². The van der Waals surface area contributed by atoms with E-state index in [1.807, 2.05) is 0 Å². The van der Waals surface area contributed by atoms with Crippen molar-refractivity contribution in [3.63, 3.8) is 0 Å². The number of carbonyl (C=O) groups is 1. The molecule has 0 bridgehead atoms. The summed E-state index contributed by atoms with van der Waals surface area (Å²) >= 11 is 0. The number of hydrogen-bond donors (Lipinski definition) is 2. The van der Waals surface area contributed by atoms with Crippen molar-refractivity contribution in [3.8, 4) is 11.4 Å². The van der Waals surface area contributed by atoms with E-state index in [0.717, 1.165) is 29.8 Å². The third kappa shape index (κ3) is 3.47. The molecule has 1 amide bonds. The van der Waals surface area contributed by atoms with Gasteiger partial charge in [0, 0.05) is 32.4 Å². The summed E-state index contributed by atoms with van der Waals surface area (Å²) in [5.41, 5.74) is -0.539. The van der Waals surface area contributed by atoms with E-state index in [1.165, 1.54) is 11.0 Å². The first-order valence-electron chi connectivity index (χ1n) is 9.16. The molecule has 2 N–H and O–H groups in total. The number of carbonyl (C=O) groups excluding carboxylic acids is 1. The van der Waals surface area contributed by atoms with Crippen LogP contribution in [0.15, 0.2) is 24.4 Å². The molecule has 150 valence electrons. The molecule has 0 saturated carbocycles. The molecule has 4 rings (SSSR count). The van der Waals surface area contributed by atoms with E-state index in [4.69, 9.17) is 4.74 Å². The number of ether oxygens (including phenoxy) is 1. The van der Waals surface area contributed by atoms with Gasteiger partial charge >= 0.3 is 0 Å². The molecule has 3 heterocycles. The maximum absolute atomic E-state index is 14.0. The molecule has 1 unspecified atom stereocenters. The van der Waals surface area contributed by atoms with Crippen LogP contribution in [0.1, 0.15) is 29.8 Å². The van der Waals surface area contributed by atoms with Gasteiger partial charge in [0.1, 0.15) is 11.5 Å². The fraction of sp³-hybridized carbons (Fsp3) is 0.474. The summed E-state index contributed by atoms with van der Waals surface area (Å²) in [4.78, 5) is 14.4. The fourth-order valence-corrected chi connectivity index (χ4v) is 4.13. The molecule has 2 fully saturated rings. The van der Waals surface area contributed by atoms with Gasteiger partial charge in [0.25, 0.3) is 5.91 Å². The minimum Gasteiger partial charge on any atom is -0.504 e. The highest BCUT2D eigenvalue weighted by molar-refractivity contribution is 5.95. The van der Waals surface area contributed by atoms with Crippen LogP contribution < -0.4 is 0 Å². The lowest BCUT2D eigenvalue weighted by Crippen LogP contribution is -2.53. The molecule has 7 nitrogen and oxygen atoms in total. The van der Waals surface area contributed by atoms with Crippen molar-refractivity contribution in [2.24, 2.45) is 5.41 Å². The topological polar surface area (TPSA) is 87.8 Å². The van der Waals surface area contributed by atoms with Crippen LogP contribution in [0.4, 0.5) is 8.78 Å². The molecule has 0 aliphatic carbocycles. The van der Waals surface area contributed by atoms with Crippen LogP contribution in [-0.4, -0.2) is 63.2 Å². The third-order valence-corrected chi connectivity index (χ3v) is 5.52. The number of likely N-dealkylation sites (tertiary alicyclic amines) is 1. The third-order valence-electron chi connectivity index (χ3n) is 5.52. The molecule has 1 aromatic heterocycles. The van der Waals surface area contributed by atoms with Gasteiger partial charge in [-0.3, -0.25) is 4.79 Å². The molecule has 0 radical (unpaired) electrons. The first-order valence-corrected chi connectivity index (χ1v) is 9.16. The van der Waals surface area contributed by atoms with Crippen molar-refractivity contribution >= 4 is 5.91 Å². The SMILES string of the molecule is O=C(c1nn(-c2ccc(F)cc2F)cc1O)N1CC(O)CC2(CCOCC2)C1. The van der Waals surface area contributed by atoms with Crippen LogP contribution in [0.3, 0.4) is 0 Å². The second kappa shape index (κ2) is 7.14. The zero-order valence-corrected chi connectivity index (χ0v) is 15.1. The second-order valence-electron chi connectivity index (χ2n) is 7.56. The zero-order valence-electron chi connectivity index (χ0n) is 15.1. The fourth-order valence-electron chi connectivity index (χ4n) is 4.13. The average molecular weight is 393 g/mol. The summed E-state index contributed by atoms with van der Waals surface area (Å²) in [5, 5.41) is 24.5. The molecule has 1 spiro atoms. The predicted octanol–water partition coefficient (Wildman–Crippen LogP) is 1.86. The minimum atomic E-state index is -0.865. The van der Waals surface area contributed by atoms with Crippen molar-refractivity contribution in [2.75, 3.05) is 26.3 Å². The van der Waals surface area contributed by atoms with Crippen LogP contribution >= 0.6 is 0 Å². The molecule has 2 saturated heterocycles. The number of halogens is 2. The Balaban J connectivity index is 1.60. The number of piperidine rings is 1. The summed E-state index contributed by atoms with van der Waals surface area (Å²) in [6.07, 6.45) is 2.52. The summed E-state index contributed by atoms with van der Waals surface area (Å²) in [6, 6.07) is 2.94. The number of aromatic hydroxyl groups is 1. The van der Waals surface area contributed by atoms with Crippen LogP contribution in [0.2, 0.25) is 0 Å². The highest BCUT2D eigenvalue weighted by atomic mass is 19.1. The Bertz CT molecular complexity index is 895. The van der Waals surface area contributed by atoms with Crippen LogP contribution in [0, 0.1) is 17.0 Å². The largest absolute Gasteiger partial charge is 0.504 e. The number of rotatable bonds is 2. The van der Waals surface area contributed by atoms with Gasteiger partial charge < -0.3 is 19.8 Å². The molecule has 1 atom stereocenters. The van der Waals surface area contributed by atoms with E-state index in [0.29, 0.717) is 32.2 Å². The van der Waals surface area contributed by atoms with Gasteiger partial charge in [-0.05, 0) is 36.8 Å². The lowest BCUT2D eigenvalue weighted by atomic mass is 9.73. The Morgan fingerprint density at radius 1 is 1.29 bits per heavy atom. The number of hydrogen-bond acceptors (Lipinski definition) is 5. The van der Waals surface area contributed by atoms with Gasteiger partial charge in [0.15, 0.2) is 17.3 Å². The molecule has 2 aliphatic heterocycles. The number of aliphatic hydroxyl groups is 1. The van der Waals surface area contributed by atoms with Gasteiger partial charge in [-0.15, -0.1) is 0 Å². The second-order valence-corrected chi connectivity index (χ2v) is 7.56. The number of aromatic nitrogens is 2. The summed E-state index contributed by atoms with van der Waals surface area (Å²) in [5.74, 6) is -2.55. The highest BCUT2D eigenvalue weighted by Gasteiger charge is 2.42. The smallest absolute Gasteiger partial charge is 0.278 e. The van der Waals surface area contributed by atoms with Crippen molar-refractivity contribution in [1.82, 2.24) is 14.7 Å². The van der Waals surface area contributed by atoms with E-state index >= 15 is 0 Å². The van der Waals surface area contributed by atoms with Crippen LogP contribution in [0.5, 0.6) is 5.75 Å². The predicted molar refractivity (Wildman–Crippen MR) is 94.2 cm³/mol. The van der Waals surface area contributed by atoms with Crippen molar-refractivity contribution < 1.29 is 28.5 Å². The summed E-state index contributed by atoms with van der Waals surface area (Å²) in [7, 11) is 0. The number of aliphatic hydroxyl groups excluding tert-OH is 1. The zero-order chi connectivity index (χ0) is 19.9. The normalized spacial score (nSPS) is 21.8. The quantitative estimate of drug-likeness (QED) is 0.813. The summed E-state index contributed by atoms with van der Waals surface area (Å²) in [6.45, 7) is 1.74. The van der Waals surface area contributed by atoms with Crippen LogP contribution in [0.25, 0.3) is 5.69 Å². The Kier molecular flexibility index (Phi) is 4.80. The van der Waals surface area contributed by atoms with E-state index in [-0.39, 0.29) is 23.3 Å². The summed E-state index contributed by atoms with van der Waals surface area (Å²) < 4.78 is 33.5. The maximum atomic E-state index is 14.0. The lowest BCUT2D eigenvalue weighted by molar-refractivity contribution is -0.0606. The monoisotopic (exact) mass is 393 g/mol. The highest BCUT2D eigenvalue weighted by Crippen LogP contribution is 2.40. The van der Waals surface area contributed by atoms with Gasteiger partial charge in [-0.1, -0.05) is 0 Å². The Hall–Kier alpha value is -2.52. The number of benzene rings is 1. The number of β-amino-alcohol motifs (C(OH)–C–C–N with tert-alkyl or cyclic N) is 1. The molecule has 2 aliphatic rings. The molecule has 9 heteroatoms. The van der Waals surface area contributed by atoms with Crippen molar-refractivity contribution in [2.45, 2.75) is 25.4 Å². The van der Waals surface area contributed by atoms with E-state index in [9.17, 15) is 23.8 Å². The number of amides is 1. The van der Waals surface area contributed by atoms with Crippen molar-refractivity contribution in [3.05, 3.63) is 41.7 Å². The van der Waals surface area contributed by atoms with Gasteiger partial charge in [-0.2, -0.15) is 5.10 Å². The molecule has 2 aromatic rings. The van der Waals surface area contributed by atoms with E-state index in [2.05, 4.69) is 5.10 Å². The molecule has 1 aromatic carbocycles. The molecular weight excluding hydrogens is 372 g/mol. The minimum absolute atomic E-state index is 0.0877. The van der Waals surface area contributed by atoms with E-state index < -0.39 is 29.4 Å². The van der Waals surface area contributed by atoms with E-state index in [1.54, 1.807) is 0 Å². The standard InChI is InChI=1S/C19H21F2N3O4/c20-12-1-2-15(14(21)7-12)24-10-16(26)17(22-24)18(27)23-9-13(25)8-19(11-23)3-5-28-6-4-19/h1-2,7,10,13,25-26H,3-6,8-9,11H2. The Morgan fingerprint density at radius 3 is 2.75 bits per heavy atom. The van der Waals surface area contributed by atoms with Gasteiger partial charge in [0.2, 0.25) is 0 Å².